The zero-order valence-electron chi connectivity index (χ0n) is 42.9. The van der Waals surface area contributed by atoms with Gasteiger partial charge in [0.15, 0.2) is 0 Å². The molecule has 3 nitrogen and oxygen atoms in total. The quantitative estimate of drug-likeness (QED) is 0.154. The minimum absolute atomic E-state index is 0.00193. The van der Waals surface area contributed by atoms with Crippen molar-refractivity contribution in [2.24, 2.45) is 0 Å². The summed E-state index contributed by atoms with van der Waals surface area (Å²) in [5.74, 6) is 0. The maximum atomic E-state index is 2.68. The van der Waals surface area contributed by atoms with Gasteiger partial charge in [-0.3, -0.25) is 0 Å². The molecule has 70 heavy (non-hydrogen) atoms. The van der Waals surface area contributed by atoms with Gasteiger partial charge in [-0.2, -0.15) is 0 Å². The zero-order chi connectivity index (χ0) is 48.5. The molecule has 0 radical (unpaired) electrons. The van der Waals surface area contributed by atoms with E-state index in [2.05, 4.69) is 254 Å². The van der Waals surface area contributed by atoms with Crippen LogP contribution in [0.2, 0.25) is 0 Å². The Kier molecular flexibility index (Phi) is 10.1. The van der Waals surface area contributed by atoms with E-state index >= 15 is 0 Å². The van der Waals surface area contributed by atoms with Crippen LogP contribution in [-0.4, -0.2) is 6.71 Å². The van der Waals surface area contributed by atoms with E-state index in [1.807, 2.05) is 0 Å². The molecule has 0 fully saturated rings. The van der Waals surface area contributed by atoms with Crippen LogP contribution in [0.15, 0.2) is 170 Å². The molecule has 0 spiro atoms. The number of rotatable bonds is 6. The molecule has 8 aromatic rings. The standard InChI is InChI=1S/C66H66BN3/c1-43-36-60-62-61(37-43)70(57-31-26-46(38-44(57)2)45-20-14-11-15-21-45)58-40-50(68(47-22-16-12-17-23-47)48-24-18-13-19-25-48)28-30-55(58)67(62)56-41-53-54(66(9,10)35-34-65(53,7)8)42-59(56)69(60)49-27-29-51-52(39-49)64(5,6)33-32-63(51,3)4/h11-31,36-42H,32-35H2,1-10H3. The molecule has 0 aromatic heterocycles. The highest BCUT2D eigenvalue weighted by Gasteiger charge is 2.47. The summed E-state index contributed by atoms with van der Waals surface area (Å²) in [5, 5.41) is 0. The number of para-hydroxylation sites is 2. The molecule has 0 saturated carbocycles. The van der Waals surface area contributed by atoms with E-state index < -0.39 is 0 Å². The average molecular weight is 912 g/mol. The van der Waals surface area contributed by atoms with Gasteiger partial charge in [-0.1, -0.05) is 146 Å². The van der Waals surface area contributed by atoms with Crippen molar-refractivity contribution in [2.45, 2.75) is 117 Å². The molecule has 2 aliphatic carbocycles. The van der Waals surface area contributed by atoms with Gasteiger partial charge in [-0.05, 0) is 201 Å². The average Bonchev–Trinajstić information content (AvgIpc) is 3.35. The van der Waals surface area contributed by atoms with Gasteiger partial charge in [0.1, 0.15) is 0 Å². The van der Waals surface area contributed by atoms with Crippen molar-refractivity contribution in [3.8, 4) is 11.1 Å². The first-order chi connectivity index (χ1) is 33.5. The third-order valence-corrected chi connectivity index (χ3v) is 17.1. The molecule has 0 bridgehead atoms. The maximum absolute atomic E-state index is 2.68. The van der Waals surface area contributed by atoms with Crippen LogP contribution in [0, 0.1) is 13.8 Å². The summed E-state index contributed by atoms with van der Waals surface area (Å²) in [6, 6.07) is 64.7. The second-order valence-electron chi connectivity index (χ2n) is 23.7. The summed E-state index contributed by atoms with van der Waals surface area (Å²) in [5.41, 5.74) is 26.2. The number of hydrogen-bond donors (Lipinski definition) is 0. The van der Waals surface area contributed by atoms with E-state index in [0.717, 1.165) is 23.5 Å². The second-order valence-corrected chi connectivity index (χ2v) is 23.7. The second kappa shape index (κ2) is 15.9. The van der Waals surface area contributed by atoms with Gasteiger partial charge < -0.3 is 14.7 Å². The lowest BCUT2D eigenvalue weighted by Gasteiger charge is -2.48. The highest BCUT2D eigenvalue weighted by molar-refractivity contribution is 7.00. The minimum Gasteiger partial charge on any atom is -0.311 e. The van der Waals surface area contributed by atoms with E-state index in [1.54, 1.807) is 0 Å². The normalized spacial score (nSPS) is 17.4. The van der Waals surface area contributed by atoms with Gasteiger partial charge in [0.25, 0.3) is 6.71 Å². The Labute approximate surface area is 417 Å². The molecule has 348 valence electrons. The molecule has 2 heterocycles. The molecule has 0 atom stereocenters. The zero-order valence-corrected chi connectivity index (χ0v) is 42.9. The first kappa shape index (κ1) is 44.4. The summed E-state index contributed by atoms with van der Waals surface area (Å²) in [6.07, 6.45) is 4.70. The summed E-state index contributed by atoms with van der Waals surface area (Å²) in [6.45, 7) is 24.3. The molecular weight excluding hydrogens is 846 g/mol. The van der Waals surface area contributed by atoms with Crippen molar-refractivity contribution in [1.29, 1.82) is 0 Å². The predicted octanol–water partition coefficient (Wildman–Crippen LogP) is 16.2. The minimum atomic E-state index is 0.00193. The number of hydrogen-bond acceptors (Lipinski definition) is 3. The van der Waals surface area contributed by atoms with Crippen LogP contribution in [0.4, 0.5) is 51.2 Å². The topological polar surface area (TPSA) is 9.72 Å². The van der Waals surface area contributed by atoms with E-state index in [-0.39, 0.29) is 28.4 Å². The maximum Gasteiger partial charge on any atom is 0.252 e. The van der Waals surface area contributed by atoms with E-state index in [9.17, 15) is 0 Å². The van der Waals surface area contributed by atoms with Gasteiger partial charge in [0.2, 0.25) is 0 Å². The lowest BCUT2D eigenvalue weighted by Crippen LogP contribution is -2.62. The van der Waals surface area contributed by atoms with E-state index in [1.165, 1.54) is 114 Å². The van der Waals surface area contributed by atoms with Crippen molar-refractivity contribution in [2.75, 3.05) is 14.7 Å². The number of anilines is 9. The highest BCUT2D eigenvalue weighted by atomic mass is 15.2. The summed E-state index contributed by atoms with van der Waals surface area (Å²) in [4.78, 5) is 7.72. The number of aryl methyl sites for hydroxylation is 2. The Morgan fingerprint density at radius 1 is 0.386 bits per heavy atom. The fraction of sp³-hybridized carbons (Fsp3) is 0.273. The van der Waals surface area contributed by atoms with Crippen molar-refractivity contribution >= 4 is 74.3 Å². The van der Waals surface area contributed by atoms with Crippen molar-refractivity contribution in [3.63, 3.8) is 0 Å². The van der Waals surface area contributed by atoms with Crippen molar-refractivity contribution < 1.29 is 0 Å². The van der Waals surface area contributed by atoms with Crippen LogP contribution >= 0.6 is 0 Å². The fourth-order valence-corrected chi connectivity index (χ4v) is 12.9. The third kappa shape index (κ3) is 6.99. The van der Waals surface area contributed by atoms with Crippen LogP contribution in [0.5, 0.6) is 0 Å². The molecule has 0 unspecified atom stereocenters. The molecule has 12 rings (SSSR count). The fourth-order valence-electron chi connectivity index (χ4n) is 12.9. The van der Waals surface area contributed by atoms with Gasteiger partial charge in [-0.15, -0.1) is 0 Å². The SMILES string of the molecule is Cc1cc2c3c(c1)N(c1ccc(-c4ccccc4)cc1C)c1cc(N(c4ccccc4)c4ccccc4)ccc1B3c1cc3c(cc1N2c1ccc2c(c1)C(C)(C)CCC2(C)C)C(C)(C)CCC3(C)C. The summed E-state index contributed by atoms with van der Waals surface area (Å²) >= 11 is 0. The monoisotopic (exact) mass is 912 g/mol. The Morgan fingerprint density at radius 2 is 0.914 bits per heavy atom. The van der Waals surface area contributed by atoms with Gasteiger partial charge in [0, 0.05) is 51.2 Å². The first-order valence-corrected chi connectivity index (χ1v) is 25.8. The Hall–Kier alpha value is -6.78. The van der Waals surface area contributed by atoms with Crippen LogP contribution in [0.3, 0.4) is 0 Å². The molecule has 2 aliphatic heterocycles. The molecule has 4 aliphatic rings. The van der Waals surface area contributed by atoms with Crippen molar-refractivity contribution in [1.82, 2.24) is 0 Å². The Bertz CT molecular complexity index is 3330. The van der Waals surface area contributed by atoms with E-state index in [0.29, 0.717) is 0 Å². The highest BCUT2D eigenvalue weighted by Crippen LogP contribution is 2.53. The van der Waals surface area contributed by atoms with Gasteiger partial charge in [-0.25, -0.2) is 0 Å². The van der Waals surface area contributed by atoms with Crippen LogP contribution in [0.1, 0.15) is 114 Å². The number of nitrogens with zero attached hydrogens (tertiary/aromatic N) is 3. The van der Waals surface area contributed by atoms with Crippen LogP contribution in [-0.2, 0) is 21.7 Å². The van der Waals surface area contributed by atoms with E-state index in [4.69, 9.17) is 0 Å². The molecule has 0 saturated heterocycles. The molecule has 0 N–H and O–H groups in total. The summed E-state index contributed by atoms with van der Waals surface area (Å²) < 4.78 is 0. The summed E-state index contributed by atoms with van der Waals surface area (Å²) in [7, 11) is 0. The lowest BCUT2D eigenvalue weighted by molar-refractivity contribution is 0.332. The van der Waals surface area contributed by atoms with Gasteiger partial charge in [0.05, 0.1) is 0 Å². The lowest BCUT2D eigenvalue weighted by atomic mass is 9.33. The molecule has 4 heteroatoms. The molecular formula is C66H66BN3. The third-order valence-electron chi connectivity index (χ3n) is 17.1. The van der Waals surface area contributed by atoms with Crippen LogP contribution in [0.25, 0.3) is 11.1 Å². The Balaban J connectivity index is 1.17. The Morgan fingerprint density at radius 3 is 1.51 bits per heavy atom. The van der Waals surface area contributed by atoms with Crippen molar-refractivity contribution in [3.05, 3.63) is 203 Å². The first-order valence-electron chi connectivity index (χ1n) is 25.8. The number of fused-ring (bicyclic) bond motifs is 6. The molecule has 0 amide bonds. The smallest absolute Gasteiger partial charge is 0.252 e. The van der Waals surface area contributed by atoms with Crippen LogP contribution < -0.4 is 31.1 Å². The molecule has 8 aromatic carbocycles. The number of benzene rings is 8. The largest absolute Gasteiger partial charge is 0.311 e. The predicted molar refractivity (Wildman–Crippen MR) is 301 cm³/mol. The van der Waals surface area contributed by atoms with Gasteiger partial charge >= 0.3 is 0 Å².